The Morgan fingerprint density at radius 2 is 0.505 bits per heavy atom. The molecule has 0 aliphatic heterocycles. The number of hydrogen-bond donors (Lipinski definition) is 3. The number of unbranched alkanes of at least 4 members (excludes halogenated alkanes) is 46. The molecule has 0 saturated carbocycles. The highest BCUT2D eigenvalue weighted by atomic mass is 31.2. The molecule has 0 rings (SSSR count). The Kier molecular flexibility index (Phi) is 70.9. The predicted molar refractivity (Wildman–Crippen MR) is 414 cm³/mol. The summed E-state index contributed by atoms with van der Waals surface area (Å²) in [6.07, 6.45) is 61.0. The normalized spacial score (nSPS) is 14.5. The molecule has 19 heteroatoms. The maximum Gasteiger partial charge on any atom is 0.472 e. The van der Waals surface area contributed by atoms with Gasteiger partial charge in [-0.2, -0.15) is 0 Å². The number of hydrogen-bond acceptors (Lipinski definition) is 15. The van der Waals surface area contributed by atoms with Gasteiger partial charge in [-0.3, -0.25) is 37.3 Å². The van der Waals surface area contributed by atoms with Crippen molar-refractivity contribution in [3.05, 3.63) is 0 Å². The molecule has 0 aromatic heterocycles. The van der Waals surface area contributed by atoms with Crippen molar-refractivity contribution in [2.45, 2.75) is 446 Å². The zero-order valence-electron chi connectivity index (χ0n) is 66.4. The first-order chi connectivity index (χ1) is 48.8. The topological polar surface area (TPSA) is 237 Å². The van der Waals surface area contributed by atoms with Crippen molar-refractivity contribution >= 4 is 39.5 Å². The molecule has 0 spiro atoms. The second-order valence-electron chi connectivity index (χ2n) is 30.5. The molecule has 3 N–H and O–H groups in total. The number of ether oxygens (including phenoxy) is 4. The van der Waals surface area contributed by atoms with E-state index in [1.54, 1.807) is 0 Å². The van der Waals surface area contributed by atoms with Crippen LogP contribution in [-0.4, -0.2) is 96.7 Å². The fourth-order valence-electron chi connectivity index (χ4n) is 12.6. The maximum absolute atomic E-state index is 13.1. The second-order valence-corrected chi connectivity index (χ2v) is 33.4. The lowest BCUT2D eigenvalue weighted by Crippen LogP contribution is -2.30. The number of aliphatic hydroxyl groups is 1. The van der Waals surface area contributed by atoms with Gasteiger partial charge in [0, 0.05) is 25.7 Å². The van der Waals surface area contributed by atoms with Gasteiger partial charge in [-0.15, -0.1) is 0 Å². The number of esters is 4. The van der Waals surface area contributed by atoms with Gasteiger partial charge in [-0.05, 0) is 43.4 Å². The van der Waals surface area contributed by atoms with Crippen LogP contribution in [0.25, 0.3) is 0 Å². The zero-order valence-corrected chi connectivity index (χ0v) is 68.2. The first kappa shape index (κ1) is 99.1. The summed E-state index contributed by atoms with van der Waals surface area (Å²) in [6, 6.07) is 0. The molecule has 0 aliphatic rings. The fraction of sp³-hybridized carbons (Fsp3) is 0.951. The van der Waals surface area contributed by atoms with Crippen LogP contribution in [0.15, 0.2) is 0 Å². The van der Waals surface area contributed by atoms with Crippen LogP contribution in [0.1, 0.15) is 427 Å². The number of carbonyl (C=O) groups is 4. The van der Waals surface area contributed by atoms with Gasteiger partial charge in [0.1, 0.15) is 19.3 Å². The van der Waals surface area contributed by atoms with Crippen molar-refractivity contribution in [3.63, 3.8) is 0 Å². The van der Waals surface area contributed by atoms with E-state index >= 15 is 0 Å². The lowest BCUT2D eigenvalue weighted by Gasteiger charge is -2.21. The molecule has 0 amide bonds. The molecule has 0 saturated heterocycles. The average Bonchev–Trinajstić information content (AvgIpc) is 0.922. The van der Waals surface area contributed by atoms with E-state index in [0.29, 0.717) is 25.7 Å². The largest absolute Gasteiger partial charge is 0.472 e. The van der Waals surface area contributed by atoms with E-state index in [0.717, 1.165) is 114 Å². The third-order valence-electron chi connectivity index (χ3n) is 19.9. The summed E-state index contributed by atoms with van der Waals surface area (Å²) < 4.78 is 68.8. The van der Waals surface area contributed by atoms with E-state index in [-0.39, 0.29) is 25.7 Å². The molecule has 0 radical (unpaired) electrons. The van der Waals surface area contributed by atoms with Crippen LogP contribution in [0.3, 0.4) is 0 Å². The molecule has 600 valence electrons. The van der Waals surface area contributed by atoms with Crippen molar-refractivity contribution in [3.8, 4) is 0 Å². The Labute approximate surface area is 619 Å². The maximum atomic E-state index is 13.1. The second kappa shape index (κ2) is 72.3. The Bertz CT molecular complexity index is 1960. The standard InChI is InChI=1S/C82H160O17P2/c1-8-11-12-13-14-15-16-17-18-19-20-24-27-30-36-41-49-56-63-79(84)92-69-77(98-81(86)65-58-51-42-37-31-28-25-22-21-23-26-29-34-39-46-53-60-73(4)5)71-96-100(88,89)94-67-76(83)68-95-101(90,91)97-72-78(70-93-80(85)64-57-50-45-44-48-55-62-75(7)10-3)99-82(87)66-59-52-43-38-33-32-35-40-47-54-61-74(6)9-2/h73-78,83H,8-72H2,1-7H3,(H,88,89)(H,90,91)/t74?,75?,76-,77-,78-/m1/s1. The van der Waals surface area contributed by atoms with Crippen LogP contribution < -0.4 is 0 Å². The molecular weight excluding hydrogens is 1320 g/mol. The third-order valence-corrected chi connectivity index (χ3v) is 21.8. The number of phosphoric ester groups is 2. The smallest absolute Gasteiger partial charge is 0.462 e. The van der Waals surface area contributed by atoms with Gasteiger partial charge in [0.2, 0.25) is 0 Å². The van der Waals surface area contributed by atoms with Crippen LogP contribution in [0.5, 0.6) is 0 Å². The highest BCUT2D eigenvalue weighted by Gasteiger charge is 2.30. The minimum atomic E-state index is -4.96. The average molecular weight is 1480 g/mol. The Hall–Kier alpha value is -1.94. The summed E-state index contributed by atoms with van der Waals surface area (Å²) in [5.41, 5.74) is 0. The van der Waals surface area contributed by atoms with E-state index in [1.807, 2.05) is 0 Å². The first-order valence-electron chi connectivity index (χ1n) is 42.4. The number of carbonyl (C=O) groups excluding carboxylic acids is 4. The monoisotopic (exact) mass is 1480 g/mol. The molecular formula is C82H160O17P2. The molecule has 7 atom stereocenters. The lowest BCUT2D eigenvalue weighted by atomic mass is 9.99. The Morgan fingerprint density at radius 3 is 0.752 bits per heavy atom. The predicted octanol–water partition coefficient (Wildman–Crippen LogP) is 24.5. The Balaban J connectivity index is 5.24. The van der Waals surface area contributed by atoms with Gasteiger partial charge in [0.15, 0.2) is 12.2 Å². The molecule has 0 aliphatic carbocycles. The lowest BCUT2D eigenvalue weighted by molar-refractivity contribution is -0.161. The molecule has 0 aromatic carbocycles. The van der Waals surface area contributed by atoms with Crippen LogP contribution in [0.4, 0.5) is 0 Å². The highest BCUT2D eigenvalue weighted by Crippen LogP contribution is 2.45. The summed E-state index contributed by atoms with van der Waals surface area (Å²) in [6.45, 7) is 12.0. The molecule has 101 heavy (non-hydrogen) atoms. The van der Waals surface area contributed by atoms with Crippen LogP contribution >= 0.6 is 15.6 Å². The molecule has 0 aromatic rings. The summed E-state index contributed by atoms with van der Waals surface area (Å²) in [4.78, 5) is 73.1. The van der Waals surface area contributed by atoms with Crippen LogP contribution in [0.2, 0.25) is 0 Å². The van der Waals surface area contributed by atoms with Gasteiger partial charge in [0.25, 0.3) is 0 Å². The van der Waals surface area contributed by atoms with E-state index < -0.39 is 97.5 Å². The quantitative estimate of drug-likeness (QED) is 0.0222. The van der Waals surface area contributed by atoms with Crippen molar-refractivity contribution < 1.29 is 80.2 Å². The van der Waals surface area contributed by atoms with Crippen LogP contribution in [0, 0.1) is 17.8 Å². The molecule has 4 unspecified atom stereocenters. The Morgan fingerprint density at radius 1 is 0.287 bits per heavy atom. The summed E-state index contributed by atoms with van der Waals surface area (Å²) in [7, 11) is -9.92. The van der Waals surface area contributed by atoms with Crippen molar-refractivity contribution in [1.29, 1.82) is 0 Å². The summed E-state index contributed by atoms with van der Waals surface area (Å²) in [5, 5.41) is 10.6. The number of rotatable bonds is 80. The van der Waals surface area contributed by atoms with Gasteiger partial charge < -0.3 is 33.8 Å². The van der Waals surface area contributed by atoms with Crippen molar-refractivity contribution in [1.82, 2.24) is 0 Å². The fourth-order valence-corrected chi connectivity index (χ4v) is 14.2. The SMILES string of the molecule is CCCCCCCCCCCCCCCCCCCCC(=O)OC[C@H](COP(=O)(O)OC[C@@H](O)COP(=O)(O)OC[C@@H](COC(=O)CCCCCCCCC(C)CC)OC(=O)CCCCCCCCCCCCC(C)CC)OC(=O)CCCCCCCCCCCCCCCCCCC(C)C. The van der Waals surface area contributed by atoms with Crippen molar-refractivity contribution in [2.24, 2.45) is 17.8 Å². The summed E-state index contributed by atoms with van der Waals surface area (Å²) >= 11 is 0. The van der Waals surface area contributed by atoms with Gasteiger partial charge >= 0.3 is 39.5 Å². The van der Waals surface area contributed by atoms with E-state index in [9.17, 15) is 43.2 Å². The third kappa shape index (κ3) is 73.4. The zero-order chi connectivity index (χ0) is 74.4. The van der Waals surface area contributed by atoms with E-state index in [1.165, 1.54) is 231 Å². The minimum absolute atomic E-state index is 0.105. The highest BCUT2D eigenvalue weighted by molar-refractivity contribution is 7.47. The molecule has 17 nitrogen and oxygen atoms in total. The summed E-state index contributed by atoms with van der Waals surface area (Å²) in [5.74, 6) is 0.232. The van der Waals surface area contributed by atoms with E-state index in [2.05, 4.69) is 48.5 Å². The van der Waals surface area contributed by atoms with Crippen molar-refractivity contribution in [2.75, 3.05) is 39.6 Å². The minimum Gasteiger partial charge on any atom is -0.462 e. The molecule has 0 fully saturated rings. The number of phosphoric acid groups is 2. The van der Waals surface area contributed by atoms with E-state index in [4.69, 9.17) is 37.0 Å². The van der Waals surface area contributed by atoms with Gasteiger partial charge in [-0.1, -0.05) is 376 Å². The molecule has 0 heterocycles. The first-order valence-corrected chi connectivity index (χ1v) is 45.4. The van der Waals surface area contributed by atoms with Crippen LogP contribution in [-0.2, 0) is 65.4 Å². The van der Waals surface area contributed by atoms with Gasteiger partial charge in [0.05, 0.1) is 26.4 Å². The molecule has 0 bridgehead atoms. The number of aliphatic hydroxyl groups excluding tert-OH is 1. The van der Waals surface area contributed by atoms with Gasteiger partial charge in [-0.25, -0.2) is 9.13 Å².